The lowest BCUT2D eigenvalue weighted by Crippen LogP contribution is -2.59. The second-order valence-electron chi connectivity index (χ2n) is 6.42. The number of amides is 4. The highest BCUT2D eigenvalue weighted by Gasteiger charge is 2.31. The number of carboxylic acid groups (broad SMARTS) is 1. The van der Waals surface area contributed by atoms with Gasteiger partial charge in [0, 0.05) is 0 Å². The van der Waals surface area contributed by atoms with Crippen LogP contribution in [0.4, 0.5) is 0 Å². The van der Waals surface area contributed by atoms with Crippen molar-refractivity contribution < 1.29 is 39.3 Å². The van der Waals surface area contributed by atoms with E-state index in [-0.39, 0.29) is 6.42 Å². The lowest BCUT2D eigenvalue weighted by molar-refractivity contribution is -0.142. The molecule has 0 saturated heterocycles. The number of aliphatic hydroxyl groups excluding tert-OH is 2. The average molecular weight is 452 g/mol. The summed E-state index contributed by atoms with van der Waals surface area (Å²) in [4.78, 5) is 59.1. The molecule has 0 spiro atoms. The van der Waals surface area contributed by atoms with Crippen LogP contribution < -0.4 is 27.4 Å². The van der Waals surface area contributed by atoms with Crippen molar-refractivity contribution in [1.29, 1.82) is 0 Å². The molecule has 0 aromatic heterocycles. The number of aliphatic carboxylic acids is 1. The van der Waals surface area contributed by atoms with Crippen molar-refractivity contribution in [2.24, 2.45) is 11.5 Å². The number of thioether (sulfide) groups is 1. The van der Waals surface area contributed by atoms with E-state index in [1.54, 1.807) is 6.26 Å². The van der Waals surface area contributed by atoms with E-state index < -0.39 is 72.9 Å². The fourth-order valence-corrected chi connectivity index (χ4v) is 2.60. The first-order chi connectivity index (χ1) is 13.9. The summed E-state index contributed by atoms with van der Waals surface area (Å²) in [6.45, 7) is 0.367. The van der Waals surface area contributed by atoms with Crippen molar-refractivity contribution in [1.82, 2.24) is 16.0 Å². The van der Waals surface area contributed by atoms with Crippen molar-refractivity contribution in [2.75, 3.05) is 18.6 Å². The van der Waals surface area contributed by atoms with Gasteiger partial charge in [-0.2, -0.15) is 11.8 Å². The molecule has 4 amide bonds. The topological polar surface area (TPSA) is 234 Å². The first-order valence-corrected chi connectivity index (χ1v) is 10.3. The molecule has 0 aliphatic carbocycles. The maximum Gasteiger partial charge on any atom is 0.326 e. The van der Waals surface area contributed by atoms with Crippen molar-refractivity contribution in [2.45, 2.75) is 50.0 Å². The fraction of sp³-hybridized carbons (Fsp3) is 0.688. The summed E-state index contributed by atoms with van der Waals surface area (Å²) in [7, 11) is 0. The average Bonchev–Trinajstić information content (AvgIpc) is 2.66. The van der Waals surface area contributed by atoms with E-state index in [2.05, 4.69) is 16.0 Å². The highest BCUT2D eigenvalue weighted by atomic mass is 32.2. The zero-order chi connectivity index (χ0) is 23.4. The molecule has 0 bridgehead atoms. The number of nitrogens with two attached hydrogens (primary N) is 2. The van der Waals surface area contributed by atoms with Gasteiger partial charge in [0.25, 0.3) is 0 Å². The number of carbonyl (C=O) groups excluding carboxylic acids is 4. The van der Waals surface area contributed by atoms with Gasteiger partial charge in [0.15, 0.2) is 0 Å². The number of nitrogens with one attached hydrogen (secondary N) is 3. The minimum absolute atomic E-state index is 0.117. The van der Waals surface area contributed by atoms with Crippen LogP contribution >= 0.6 is 11.8 Å². The van der Waals surface area contributed by atoms with Crippen LogP contribution in [0.25, 0.3) is 0 Å². The van der Waals surface area contributed by atoms with Crippen LogP contribution in [-0.4, -0.2) is 93.8 Å². The number of aliphatic hydroxyl groups is 2. The van der Waals surface area contributed by atoms with Crippen LogP contribution in [0.3, 0.4) is 0 Å². The summed E-state index contributed by atoms with van der Waals surface area (Å²) in [5.41, 5.74) is 10.5. The molecule has 0 heterocycles. The Morgan fingerprint density at radius 2 is 1.47 bits per heavy atom. The van der Waals surface area contributed by atoms with Crippen molar-refractivity contribution in [3.63, 3.8) is 0 Å². The molecule has 0 aliphatic rings. The summed E-state index contributed by atoms with van der Waals surface area (Å²) < 4.78 is 0. The molecule has 172 valence electrons. The Hall–Kier alpha value is -2.42. The Kier molecular flexibility index (Phi) is 12.6. The Morgan fingerprint density at radius 1 is 0.967 bits per heavy atom. The highest BCUT2D eigenvalue weighted by Crippen LogP contribution is 2.02. The van der Waals surface area contributed by atoms with E-state index in [4.69, 9.17) is 16.6 Å². The van der Waals surface area contributed by atoms with Gasteiger partial charge in [-0.05, 0) is 25.4 Å². The molecule has 0 fully saturated rings. The van der Waals surface area contributed by atoms with Crippen molar-refractivity contribution >= 4 is 41.4 Å². The molecule has 5 atom stereocenters. The van der Waals surface area contributed by atoms with Gasteiger partial charge >= 0.3 is 5.97 Å². The van der Waals surface area contributed by atoms with Crippen LogP contribution in [0.1, 0.15) is 19.8 Å². The standard InChI is InChI=1S/C16H29N5O8S/c1-7(23)12(18)15(27)20-9(5-11(17)24)13(25)21-10(6-22)14(26)19-8(16(28)29)3-4-30-2/h7-10,12,22-23H,3-6,18H2,1-2H3,(H2,17,24)(H,19,26)(H,20,27)(H,21,25)(H,28,29). The van der Waals surface area contributed by atoms with E-state index >= 15 is 0 Å². The quantitative estimate of drug-likeness (QED) is 0.127. The molecule has 0 aromatic carbocycles. The second-order valence-corrected chi connectivity index (χ2v) is 7.41. The molecular weight excluding hydrogens is 422 g/mol. The maximum atomic E-state index is 12.4. The summed E-state index contributed by atoms with van der Waals surface area (Å²) in [5.74, 6) is -4.74. The van der Waals surface area contributed by atoms with Gasteiger partial charge in [-0.25, -0.2) is 4.79 Å². The number of carbonyl (C=O) groups is 5. The van der Waals surface area contributed by atoms with E-state index in [0.717, 1.165) is 0 Å². The number of primary amides is 1. The normalized spacial score (nSPS) is 15.8. The predicted molar refractivity (Wildman–Crippen MR) is 107 cm³/mol. The van der Waals surface area contributed by atoms with Crippen LogP contribution in [0.5, 0.6) is 0 Å². The van der Waals surface area contributed by atoms with Gasteiger partial charge in [0.1, 0.15) is 24.2 Å². The van der Waals surface area contributed by atoms with Gasteiger partial charge in [0.05, 0.1) is 19.1 Å². The zero-order valence-electron chi connectivity index (χ0n) is 16.7. The third kappa shape index (κ3) is 9.87. The molecule has 0 saturated carbocycles. The van der Waals surface area contributed by atoms with E-state index in [1.165, 1.54) is 18.7 Å². The first-order valence-electron chi connectivity index (χ1n) is 8.90. The molecule has 14 heteroatoms. The van der Waals surface area contributed by atoms with E-state index in [1.807, 2.05) is 0 Å². The number of hydrogen-bond donors (Lipinski definition) is 8. The summed E-state index contributed by atoms with van der Waals surface area (Å²) >= 11 is 1.37. The van der Waals surface area contributed by atoms with Gasteiger partial charge < -0.3 is 42.7 Å². The SMILES string of the molecule is CSCCC(NC(=O)C(CO)NC(=O)C(CC(N)=O)NC(=O)C(N)C(C)O)C(=O)O. The second kappa shape index (κ2) is 13.7. The molecular formula is C16H29N5O8S. The molecule has 10 N–H and O–H groups in total. The molecule has 30 heavy (non-hydrogen) atoms. The van der Waals surface area contributed by atoms with Crippen molar-refractivity contribution in [3.8, 4) is 0 Å². The summed E-state index contributed by atoms with van der Waals surface area (Å²) in [5, 5.41) is 34.4. The molecule has 13 nitrogen and oxygen atoms in total. The van der Waals surface area contributed by atoms with Gasteiger partial charge in [-0.15, -0.1) is 0 Å². The van der Waals surface area contributed by atoms with Crippen LogP contribution in [-0.2, 0) is 24.0 Å². The van der Waals surface area contributed by atoms with Gasteiger partial charge in [0.2, 0.25) is 23.6 Å². The molecule has 0 radical (unpaired) electrons. The van der Waals surface area contributed by atoms with Crippen LogP contribution in [0.2, 0.25) is 0 Å². The highest BCUT2D eigenvalue weighted by molar-refractivity contribution is 7.98. The third-order valence-electron chi connectivity index (χ3n) is 3.90. The Balaban J connectivity index is 5.22. The summed E-state index contributed by atoms with van der Waals surface area (Å²) in [6.07, 6.45) is -0.0116. The molecule has 0 rings (SSSR count). The first kappa shape index (κ1) is 27.6. The number of rotatable bonds is 14. The number of carboxylic acids is 1. The van der Waals surface area contributed by atoms with Gasteiger partial charge in [-0.1, -0.05) is 0 Å². The smallest absolute Gasteiger partial charge is 0.326 e. The Morgan fingerprint density at radius 3 is 1.90 bits per heavy atom. The monoisotopic (exact) mass is 451 g/mol. The van der Waals surface area contributed by atoms with Crippen LogP contribution in [0, 0.1) is 0 Å². The largest absolute Gasteiger partial charge is 0.480 e. The van der Waals surface area contributed by atoms with Crippen molar-refractivity contribution in [3.05, 3.63) is 0 Å². The zero-order valence-corrected chi connectivity index (χ0v) is 17.5. The number of hydrogen-bond acceptors (Lipinski definition) is 9. The fourth-order valence-electron chi connectivity index (χ4n) is 2.13. The Bertz CT molecular complexity index is 633. The maximum absolute atomic E-state index is 12.4. The molecule has 0 aromatic rings. The molecule has 0 aliphatic heterocycles. The molecule has 5 unspecified atom stereocenters. The minimum atomic E-state index is -1.55. The lowest BCUT2D eigenvalue weighted by atomic mass is 10.1. The lowest BCUT2D eigenvalue weighted by Gasteiger charge is -2.24. The van der Waals surface area contributed by atoms with E-state index in [9.17, 15) is 34.2 Å². The van der Waals surface area contributed by atoms with Gasteiger partial charge in [-0.3, -0.25) is 19.2 Å². The van der Waals surface area contributed by atoms with Crippen LogP contribution in [0.15, 0.2) is 0 Å². The minimum Gasteiger partial charge on any atom is -0.480 e. The summed E-state index contributed by atoms with van der Waals surface area (Å²) in [6, 6.07) is -5.71. The van der Waals surface area contributed by atoms with E-state index in [0.29, 0.717) is 5.75 Å². The predicted octanol–water partition coefficient (Wildman–Crippen LogP) is -4.15. The Labute approximate surface area is 177 Å². The third-order valence-corrected chi connectivity index (χ3v) is 4.55.